The molecule has 0 aliphatic carbocycles. The Morgan fingerprint density at radius 1 is 1.21 bits per heavy atom. The molecular formula is C18H25N5O. The highest BCUT2D eigenvalue weighted by molar-refractivity contribution is 5.74. The van der Waals surface area contributed by atoms with Crippen LogP contribution in [0.5, 0.6) is 0 Å². The van der Waals surface area contributed by atoms with Gasteiger partial charge in [0.15, 0.2) is 0 Å². The smallest absolute Gasteiger partial charge is 0.317 e. The molecule has 0 aliphatic heterocycles. The topological polar surface area (TPSA) is 70.2 Å². The molecule has 0 radical (unpaired) electrons. The van der Waals surface area contributed by atoms with Gasteiger partial charge in [0.2, 0.25) is 0 Å². The highest BCUT2D eigenvalue weighted by Gasteiger charge is 2.19. The van der Waals surface area contributed by atoms with Gasteiger partial charge in [0.1, 0.15) is 0 Å². The first kappa shape index (κ1) is 17.7. The maximum atomic E-state index is 12.4. The molecule has 0 spiro atoms. The van der Waals surface area contributed by atoms with Crippen LogP contribution in [0.25, 0.3) is 0 Å². The lowest BCUT2D eigenvalue weighted by Gasteiger charge is -2.27. The van der Waals surface area contributed by atoms with E-state index in [4.69, 9.17) is 0 Å². The molecule has 2 N–H and O–H groups in total. The van der Waals surface area contributed by atoms with Crippen LogP contribution in [-0.2, 0) is 0 Å². The molecule has 0 aromatic carbocycles. The normalized spacial score (nSPS) is 11.6. The summed E-state index contributed by atoms with van der Waals surface area (Å²) in [5.41, 5.74) is 3.17. The monoisotopic (exact) mass is 327 g/mol. The molecular weight excluding hydrogens is 302 g/mol. The van der Waals surface area contributed by atoms with Gasteiger partial charge in [-0.05, 0) is 36.6 Å². The first-order chi connectivity index (χ1) is 11.6. The van der Waals surface area contributed by atoms with Gasteiger partial charge >= 0.3 is 6.03 Å². The predicted molar refractivity (Wildman–Crippen MR) is 95.9 cm³/mol. The lowest BCUT2D eigenvalue weighted by molar-refractivity contribution is 0.189. The van der Waals surface area contributed by atoms with E-state index in [0.29, 0.717) is 13.1 Å². The van der Waals surface area contributed by atoms with Gasteiger partial charge in [-0.15, -0.1) is 0 Å². The van der Waals surface area contributed by atoms with Gasteiger partial charge in [0.25, 0.3) is 0 Å². The van der Waals surface area contributed by atoms with Crippen LogP contribution in [0.2, 0.25) is 0 Å². The average Bonchev–Trinajstić information content (AvgIpc) is 2.61. The highest BCUT2D eigenvalue weighted by Crippen LogP contribution is 2.21. The summed E-state index contributed by atoms with van der Waals surface area (Å²) >= 11 is 0. The number of nitrogens with one attached hydrogen (secondary N) is 2. The minimum atomic E-state index is -0.0843. The van der Waals surface area contributed by atoms with E-state index in [1.54, 1.807) is 17.3 Å². The number of pyridine rings is 2. The first-order valence-corrected chi connectivity index (χ1v) is 8.18. The zero-order valence-corrected chi connectivity index (χ0v) is 14.5. The van der Waals surface area contributed by atoms with Crippen molar-refractivity contribution < 1.29 is 4.79 Å². The molecule has 2 heterocycles. The van der Waals surface area contributed by atoms with Crippen LogP contribution in [-0.4, -0.2) is 41.0 Å². The second-order valence-corrected chi connectivity index (χ2v) is 5.67. The van der Waals surface area contributed by atoms with E-state index in [9.17, 15) is 4.79 Å². The minimum absolute atomic E-state index is 0.0223. The van der Waals surface area contributed by atoms with Gasteiger partial charge in [-0.25, -0.2) is 4.79 Å². The fraction of sp³-hybridized carbons (Fsp3) is 0.389. The summed E-state index contributed by atoms with van der Waals surface area (Å²) in [6.45, 7) is 5.28. The van der Waals surface area contributed by atoms with Crippen molar-refractivity contribution in [2.75, 3.05) is 25.5 Å². The van der Waals surface area contributed by atoms with Crippen LogP contribution in [0.4, 0.5) is 10.5 Å². The van der Waals surface area contributed by atoms with Gasteiger partial charge in [-0.2, -0.15) is 0 Å². The predicted octanol–water partition coefficient (Wildman–Crippen LogP) is 2.99. The summed E-state index contributed by atoms with van der Waals surface area (Å²) in [6.07, 6.45) is 7.95. The zero-order chi connectivity index (χ0) is 17.4. The van der Waals surface area contributed by atoms with Crippen LogP contribution in [0.1, 0.15) is 30.5 Å². The molecule has 2 rings (SSSR count). The van der Waals surface area contributed by atoms with Crippen molar-refractivity contribution in [3.8, 4) is 0 Å². The Labute approximate surface area is 143 Å². The van der Waals surface area contributed by atoms with Gasteiger partial charge in [-0.1, -0.05) is 13.0 Å². The lowest BCUT2D eigenvalue weighted by atomic mass is 10.1. The van der Waals surface area contributed by atoms with Gasteiger partial charge < -0.3 is 15.5 Å². The number of hydrogen-bond acceptors (Lipinski definition) is 4. The number of amides is 2. The molecule has 0 saturated heterocycles. The van der Waals surface area contributed by atoms with Crippen molar-refractivity contribution in [2.45, 2.75) is 26.3 Å². The molecule has 6 heteroatoms. The number of carbonyl (C=O) groups is 1. The molecule has 1 atom stereocenters. The van der Waals surface area contributed by atoms with Crippen molar-refractivity contribution in [3.05, 3.63) is 54.1 Å². The Morgan fingerprint density at radius 2 is 2.00 bits per heavy atom. The van der Waals surface area contributed by atoms with Gasteiger partial charge in [0.05, 0.1) is 6.04 Å². The molecule has 6 nitrogen and oxygen atoms in total. The Kier molecular flexibility index (Phi) is 6.54. The number of hydrogen-bond donors (Lipinski definition) is 2. The lowest BCUT2D eigenvalue weighted by Crippen LogP contribution is -2.41. The molecule has 0 fully saturated rings. The van der Waals surface area contributed by atoms with Crippen molar-refractivity contribution >= 4 is 11.7 Å². The molecule has 0 aliphatic rings. The van der Waals surface area contributed by atoms with E-state index in [2.05, 4.69) is 27.5 Å². The van der Waals surface area contributed by atoms with E-state index in [-0.39, 0.29) is 12.1 Å². The van der Waals surface area contributed by atoms with Crippen LogP contribution >= 0.6 is 0 Å². The maximum absolute atomic E-state index is 12.4. The first-order valence-electron chi connectivity index (χ1n) is 8.18. The molecule has 0 bridgehead atoms. The zero-order valence-electron chi connectivity index (χ0n) is 14.5. The number of aromatic nitrogens is 2. The molecule has 24 heavy (non-hydrogen) atoms. The standard InChI is InChI=1S/C18H25N5O/c1-4-17(15-6-5-8-19-13-15)23(3)18(24)22-11-10-21-16-7-9-20-12-14(16)2/h5-9,12-13,17H,4,10-11H2,1-3H3,(H,20,21)(H,22,24). The molecule has 2 amide bonds. The summed E-state index contributed by atoms with van der Waals surface area (Å²) in [5.74, 6) is 0. The minimum Gasteiger partial charge on any atom is -0.383 e. The molecule has 2 aromatic heterocycles. The average molecular weight is 327 g/mol. The summed E-state index contributed by atoms with van der Waals surface area (Å²) in [6, 6.07) is 5.76. The summed E-state index contributed by atoms with van der Waals surface area (Å²) in [7, 11) is 1.82. The van der Waals surface area contributed by atoms with E-state index in [1.807, 2.05) is 44.6 Å². The Morgan fingerprint density at radius 3 is 2.67 bits per heavy atom. The number of urea groups is 1. The summed E-state index contributed by atoms with van der Waals surface area (Å²) < 4.78 is 0. The number of nitrogens with zero attached hydrogens (tertiary/aromatic N) is 3. The van der Waals surface area contributed by atoms with E-state index in [1.165, 1.54) is 0 Å². The van der Waals surface area contributed by atoms with Crippen LogP contribution in [0, 0.1) is 6.92 Å². The van der Waals surface area contributed by atoms with Gasteiger partial charge in [-0.3, -0.25) is 9.97 Å². The molecule has 0 saturated carbocycles. The van der Waals surface area contributed by atoms with Crippen molar-refractivity contribution in [1.82, 2.24) is 20.2 Å². The molecule has 2 aromatic rings. The summed E-state index contributed by atoms with van der Waals surface area (Å²) in [4.78, 5) is 22.3. The third-order valence-electron chi connectivity index (χ3n) is 3.98. The highest BCUT2D eigenvalue weighted by atomic mass is 16.2. The van der Waals surface area contributed by atoms with E-state index in [0.717, 1.165) is 23.2 Å². The second-order valence-electron chi connectivity index (χ2n) is 5.67. The largest absolute Gasteiger partial charge is 0.383 e. The number of rotatable bonds is 7. The summed E-state index contributed by atoms with van der Waals surface area (Å²) in [5, 5.41) is 6.24. The number of anilines is 1. The maximum Gasteiger partial charge on any atom is 0.317 e. The Hall–Kier alpha value is -2.63. The van der Waals surface area contributed by atoms with Crippen molar-refractivity contribution in [3.63, 3.8) is 0 Å². The van der Waals surface area contributed by atoms with Crippen LogP contribution in [0.3, 0.4) is 0 Å². The number of carbonyl (C=O) groups excluding carboxylic acids is 1. The fourth-order valence-electron chi connectivity index (χ4n) is 2.61. The van der Waals surface area contributed by atoms with Gasteiger partial charge in [0, 0.05) is 50.6 Å². The SMILES string of the molecule is CCC(c1cccnc1)N(C)C(=O)NCCNc1ccncc1C. The third kappa shape index (κ3) is 4.68. The molecule has 1 unspecified atom stereocenters. The Bertz CT molecular complexity index is 647. The van der Waals surface area contributed by atoms with Crippen LogP contribution < -0.4 is 10.6 Å². The number of aryl methyl sites for hydroxylation is 1. The quantitative estimate of drug-likeness (QED) is 0.767. The second kappa shape index (κ2) is 8.86. The van der Waals surface area contributed by atoms with E-state index >= 15 is 0 Å². The Balaban J connectivity index is 1.82. The third-order valence-corrected chi connectivity index (χ3v) is 3.98. The van der Waals surface area contributed by atoms with Crippen molar-refractivity contribution in [1.29, 1.82) is 0 Å². The fourth-order valence-corrected chi connectivity index (χ4v) is 2.61. The van der Waals surface area contributed by atoms with Crippen LogP contribution in [0.15, 0.2) is 43.0 Å². The molecule has 128 valence electrons. The van der Waals surface area contributed by atoms with E-state index < -0.39 is 0 Å². The van der Waals surface area contributed by atoms with Crippen molar-refractivity contribution in [2.24, 2.45) is 0 Å².